The lowest BCUT2D eigenvalue weighted by atomic mass is 9.42. The van der Waals surface area contributed by atoms with E-state index in [4.69, 9.17) is 20.3 Å². The predicted octanol–water partition coefficient (Wildman–Crippen LogP) is 2.85. The summed E-state index contributed by atoms with van der Waals surface area (Å²) in [6, 6.07) is 3.30. The molecule has 0 bridgehead atoms. The SMILES string of the molecule is CC1(C)OB(c2cc(F)c(N)c(C=NC3CCB(C#N)CC3)c2)OC1(C)C. The molecule has 0 atom stereocenters. The van der Waals surface area contributed by atoms with Crippen LogP contribution < -0.4 is 11.2 Å². The Morgan fingerprint density at radius 2 is 1.81 bits per heavy atom. The van der Waals surface area contributed by atoms with E-state index in [9.17, 15) is 4.39 Å². The standard InChI is InChI=1S/C19H26B2FN3O2/c1-18(2)19(3,4)27-21(26-18)14-9-13(17(24)16(22)10-14)11-25-15-5-7-20(12-23)8-6-15/h9-11,15H,5-8,24H2,1-4H3. The maximum absolute atomic E-state index is 14.4. The Morgan fingerprint density at radius 3 is 2.37 bits per heavy atom. The van der Waals surface area contributed by atoms with E-state index in [0.717, 1.165) is 25.5 Å². The number of nitrogens with two attached hydrogens (primary N) is 1. The summed E-state index contributed by atoms with van der Waals surface area (Å²) in [4.78, 5) is 4.59. The zero-order valence-electron chi connectivity index (χ0n) is 16.5. The Labute approximate surface area is 161 Å². The summed E-state index contributed by atoms with van der Waals surface area (Å²) in [5, 5.41) is 8.99. The number of nitrogen functional groups attached to an aromatic ring is 1. The molecule has 2 heterocycles. The maximum atomic E-state index is 14.4. The van der Waals surface area contributed by atoms with Gasteiger partial charge in [0.1, 0.15) is 5.82 Å². The summed E-state index contributed by atoms with van der Waals surface area (Å²) in [5.74, 6) is 1.81. The summed E-state index contributed by atoms with van der Waals surface area (Å²) in [5.41, 5.74) is 6.13. The molecule has 2 fully saturated rings. The van der Waals surface area contributed by atoms with Crippen molar-refractivity contribution in [3.8, 4) is 5.97 Å². The van der Waals surface area contributed by atoms with Crippen LogP contribution in [0, 0.1) is 17.0 Å². The molecule has 2 aliphatic rings. The van der Waals surface area contributed by atoms with E-state index in [-0.39, 0.29) is 18.4 Å². The maximum Gasteiger partial charge on any atom is 0.494 e. The molecule has 2 aliphatic heterocycles. The molecule has 1 aromatic rings. The van der Waals surface area contributed by atoms with Crippen LogP contribution in [0.1, 0.15) is 46.1 Å². The Hall–Kier alpha value is -1.84. The first kappa shape index (κ1) is 19.9. The van der Waals surface area contributed by atoms with E-state index in [1.807, 2.05) is 27.7 Å². The number of hydrogen-bond donors (Lipinski definition) is 1. The summed E-state index contributed by atoms with van der Waals surface area (Å²) in [6.07, 6.45) is 5.10. The Morgan fingerprint density at radius 1 is 1.22 bits per heavy atom. The molecular weight excluding hydrogens is 343 g/mol. The van der Waals surface area contributed by atoms with Crippen LogP contribution in [-0.4, -0.2) is 37.3 Å². The normalized spacial score (nSPS) is 22.4. The Bertz CT molecular complexity index is 768. The average molecular weight is 369 g/mol. The van der Waals surface area contributed by atoms with Gasteiger partial charge < -0.3 is 15.0 Å². The molecule has 0 aromatic heterocycles. The van der Waals surface area contributed by atoms with E-state index in [2.05, 4.69) is 11.0 Å². The van der Waals surface area contributed by atoms with Gasteiger partial charge in [-0.25, -0.2) is 9.65 Å². The zero-order valence-corrected chi connectivity index (χ0v) is 16.5. The molecule has 0 amide bonds. The highest BCUT2D eigenvalue weighted by molar-refractivity contribution is 6.67. The van der Waals surface area contributed by atoms with Gasteiger partial charge in [0.2, 0.25) is 0 Å². The number of nitriles is 1. The minimum atomic E-state index is -0.650. The molecule has 0 radical (unpaired) electrons. The quantitative estimate of drug-likeness (QED) is 0.505. The second-order valence-corrected chi connectivity index (χ2v) is 8.51. The van der Waals surface area contributed by atoms with Gasteiger partial charge in [0.15, 0.2) is 0 Å². The lowest BCUT2D eigenvalue weighted by Gasteiger charge is -2.32. The zero-order chi connectivity index (χ0) is 19.8. The van der Waals surface area contributed by atoms with Crippen LogP contribution in [-0.2, 0) is 9.31 Å². The van der Waals surface area contributed by atoms with E-state index in [1.165, 1.54) is 6.07 Å². The first-order valence-corrected chi connectivity index (χ1v) is 9.50. The fourth-order valence-corrected chi connectivity index (χ4v) is 3.42. The van der Waals surface area contributed by atoms with Crippen molar-refractivity contribution in [2.24, 2.45) is 4.99 Å². The number of hydrogen-bond acceptors (Lipinski definition) is 5. The smallest absolute Gasteiger partial charge is 0.399 e. The van der Waals surface area contributed by atoms with Crippen molar-refractivity contribution in [2.45, 2.75) is 70.4 Å². The lowest BCUT2D eigenvalue weighted by Crippen LogP contribution is -2.41. The molecule has 0 aliphatic carbocycles. The van der Waals surface area contributed by atoms with Gasteiger partial charge >= 0.3 is 7.12 Å². The van der Waals surface area contributed by atoms with E-state index in [0.29, 0.717) is 11.0 Å². The van der Waals surface area contributed by atoms with Crippen LogP contribution in [0.3, 0.4) is 0 Å². The molecule has 2 N–H and O–H groups in total. The van der Waals surface area contributed by atoms with Crippen molar-refractivity contribution < 1.29 is 13.7 Å². The predicted molar refractivity (Wildman–Crippen MR) is 108 cm³/mol. The molecule has 27 heavy (non-hydrogen) atoms. The van der Waals surface area contributed by atoms with Crippen molar-refractivity contribution in [1.82, 2.24) is 0 Å². The average Bonchev–Trinajstić information content (AvgIpc) is 2.84. The molecule has 0 spiro atoms. The Balaban J connectivity index is 1.79. The van der Waals surface area contributed by atoms with Gasteiger partial charge in [-0.2, -0.15) is 0 Å². The van der Waals surface area contributed by atoms with Gasteiger partial charge in [-0.1, -0.05) is 18.7 Å². The summed E-state index contributed by atoms with van der Waals surface area (Å²) < 4.78 is 26.4. The second-order valence-electron chi connectivity index (χ2n) is 8.51. The van der Waals surface area contributed by atoms with Gasteiger partial charge in [0.25, 0.3) is 6.71 Å². The van der Waals surface area contributed by atoms with Gasteiger partial charge in [0, 0.05) is 23.8 Å². The number of halogens is 1. The fourth-order valence-electron chi connectivity index (χ4n) is 3.42. The molecule has 1 aromatic carbocycles. The molecular formula is C19H26B2FN3O2. The number of rotatable bonds is 3. The molecule has 5 nitrogen and oxygen atoms in total. The van der Waals surface area contributed by atoms with Gasteiger partial charge in [-0.15, -0.1) is 0 Å². The molecule has 8 heteroatoms. The first-order valence-electron chi connectivity index (χ1n) is 9.50. The number of benzene rings is 1. The highest BCUT2D eigenvalue weighted by Crippen LogP contribution is 2.36. The summed E-state index contributed by atoms with van der Waals surface area (Å²) in [6.45, 7) is 7.97. The summed E-state index contributed by atoms with van der Waals surface area (Å²) in [7, 11) is -0.650. The van der Waals surface area contributed by atoms with Gasteiger partial charge in [0.05, 0.1) is 16.9 Å². The minimum Gasteiger partial charge on any atom is -0.399 e. The van der Waals surface area contributed by atoms with Crippen LogP contribution >= 0.6 is 0 Å². The van der Waals surface area contributed by atoms with Crippen molar-refractivity contribution in [1.29, 1.82) is 5.26 Å². The van der Waals surface area contributed by atoms with Crippen LogP contribution in [0.15, 0.2) is 17.1 Å². The Kier molecular flexibility index (Phi) is 5.38. The minimum absolute atomic E-state index is 0.0738. The highest BCUT2D eigenvalue weighted by atomic mass is 19.1. The van der Waals surface area contributed by atoms with Gasteiger partial charge in [-0.3, -0.25) is 4.99 Å². The summed E-state index contributed by atoms with van der Waals surface area (Å²) >= 11 is 0. The lowest BCUT2D eigenvalue weighted by molar-refractivity contribution is 0.00578. The van der Waals surface area contributed by atoms with Gasteiger partial charge in [-0.05, 0) is 52.1 Å². The van der Waals surface area contributed by atoms with Crippen molar-refractivity contribution in [3.05, 3.63) is 23.5 Å². The number of anilines is 1. The monoisotopic (exact) mass is 369 g/mol. The molecule has 0 saturated carbocycles. The van der Waals surface area contributed by atoms with E-state index in [1.54, 1.807) is 12.3 Å². The highest BCUT2D eigenvalue weighted by Gasteiger charge is 2.51. The molecule has 0 unspecified atom stereocenters. The fraction of sp³-hybridized carbons (Fsp3) is 0.579. The van der Waals surface area contributed by atoms with Crippen LogP contribution in [0.25, 0.3) is 0 Å². The van der Waals surface area contributed by atoms with Crippen LogP contribution in [0.2, 0.25) is 12.6 Å². The third kappa shape index (κ3) is 4.04. The second kappa shape index (κ2) is 7.29. The molecule has 3 rings (SSSR count). The number of aliphatic imine (C=N–C) groups is 1. The van der Waals surface area contributed by atoms with Crippen molar-refractivity contribution >= 4 is 31.2 Å². The third-order valence-electron chi connectivity index (χ3n) is 6.01. The van der Waals surface area contributed by atoms with Crippen molar-refractivity contribution in [2.75, 3.05) is 5.73 Å². The molecule has 2 saturated heterocycles. The van der Waals surface area contributed by atoms with Crippen molar-refractivity contribution in [3.63, 3.8) is 0 Å². The van der Waals surface area contributed by atoms with Crippen LogP contribution in [0.4, 0.5) is 10.1 Å². The van der Waals surface area contributed by atoms with E-state index < -0.39 is 24.1 Å². The third-order valence-corrected chi connectivity index (χ3v) is 6.01. The number of nitrogens with zero attached hydrogens (tertiary/aromatic N) is 2. The topological polar surface area (TPSA) is 80.6 Å². The van der Waals surface area contributed by atoms with E-state index >= 15 is 0 Å². The molecule has 142 valence electrons. The van der Waals surface area contributed by atoms with Crippen LogP contribution in [0.5, 0.6) is 0 Å². The first-order chi connectivity index (χ1) is 12.6. The largest absolute Gasteiger partial charge is 0.494 e.